The van der Waals surface area contributed by atoms with Crippen molar-refractivity contribution >= 4 is 8.32 Å². The Morgan fingerprint density at radius 1 is 1.28 bits per heavy atom. The molecule has 0 aromatic rings. The third kappa shape index (κ3) is 3.77. The largest absolute Gasteiger partial charge is 0.413 e. The lowest BCUT2D eigenvalue weighted by molar-refractivity contribution is 0.0799. The lowest BCUT2D eigenvalue weighted by Crippen LogP contribution is -2.45. The van der Waals surface area contributed by atoms with Crippen LogP contribution in [0.15, 0.2) is 0 Å². The topological polar surface area (TPSA) is 52.9 Å². The van der Waals surface area contributed by atoms with Crippen LogP contribution in [0.3, 0.4) is 0 Å². The molecular formula is C13H29NO3Si. The van der Waals surface area contributed by atoms with E-state index in [9.17, 15) is 10.2 Å². The highest BCUT2D eigenvalue weighted by molar-refractivity contribution is 6.74. The molecule has 1 atom stereocenters. The van der Waals surface area contributed by atoms with E-state index < -0.39 is 8.32 Å². The van der Waals surface area contributed by atoms with E-state index in [1.54, 1.807) is 0 Å². The van der Waals surface area contributed by atoms with Crippen LogP contribution in [0.4, 0.5) is 0 Å². The van der Waals surface area contributed by atoms with Gasteiger partial charge in [0.05, 0.1) is 25.4 Å². The monoisotopic (exact) mass is 275 g/mol. The van der Waals surface area contributed by atoms with Gasteiger partial charge in [0.25, 0.3) is 0 Å². The molecule has 18 heavy (non-hydrogen) atoms. The lowest BCUT2D eigenvalue weighted by atomic mass is 10.2. The number of likely N-dealkylation sites (tertiary alicyclic amines) is 1. The Hall–Kier alpha value is 0.0569. The van der Waals surface area contributed by atoms with Crippen molar-refractivity contribution in [2.75, 3.05) is 26.3 Å². The average Bonchev–Trinajstić information content (AvgIpc) is 2.66. The highest BCUT2D eigenvalue weighted by Gasteiger charge is 2.41. The molecule has 1 saturated heterocycles. The summed E-state index contributed by atoms with van der Waals surface area (Å²) >= 11 is 0. The summed E-state index contributed by atoms with van der Waals surface area (Å²) in [4.78, 5) is 2.14. The summed E-state index contributed by atoms with van der Waals surface area (Å²) in [5.74, 6) is 0. The Labute approximate surface area is 112 Å². The molecule has 1 rings (SSSR count). The van der Waals surface area contributed by atoms with Gasteiger partial charge in [0.2, 0.25) is 0 Å². The van der Waals surface area contributed by atoms with E-state index in [1.807, 2.05) is 0 Å². The number of nitrogens with zero attached hydrogens (tertiary/aromatic N) is 1. The zero-order chi connectivity index (χ0) is 14.0. The highest BCUT2D eigenvalue weighted by atomic mass is 28.4. The summed E-state index contributed by atoms with van der Waals surface area (Å²) < 4.78 is 6.37. The molecule has 0 unspecified atom stereocenters. The molecule has 0 aromatic heterocycles. The van der Waals surface area contributed by atoms with Crippen molar-refractivity contribution in [1.29, 1.82) is 0 Å². The Kier molecular flexibility index (Phi) is 5.38. The van der Waals surface area contributed by atoms with Crippen LogP contribution < -0.4 is 0 Å². The van der Waals surface area contributed by atoms with Crippen LogP contribution in [-0.4, -0.2) is 61.9 Å². The number of rotatable bonds is 5. The Morgan fingerprint density at radius 2 is 1.83 bits per heavy atom. The Balaban J connectivity index is 2.53. The fourth-order valence-electron chi connectivity index (χ4n) is 2.06. The van der Waals surface area contributed by atoms with Crippen LogP contribution in [0.5, 0.6) is 0 Å². The third-order valence-corrected chi connectivity index (χ3v) is 8.92. The molecule has 4 nitrogen and oxygen atoms in total. The first kappa shape index (κ1) is 16.1. The molecule has 1 heterocycles. The van der Waals surface area contributed by atoms with E-state index in [2.05, 4.69) is 38.8 Å². The van der Waals surface area contributed by atoms with Gasteiger partial charge < -0.3 is 14.6 Å². The predicted octanol–water partition coefficient (Wildman–Crippen LogP) is 1.44. The molecule has 0 aliphatic carbocycles. The molecule has 0 radical (unpaired) electrons. The van der Waals surface area contributed by atoms with Crippen molar-refractivity contribution in [2.24, 2.45) is 0 Å². The van der Waals surface area contributed by atoms with Gasteiger partial charge in [-0.2, -0.15) is 0 Å². The van der Waals surface area contributed by atoms with E-state index in [0.717, 1.165) is 19.5 Å². The fraction of sp³-hybridized carbons (Fsp3) is 1.00. The van der Waals surface area contributed by atoms with Crippen LogP contribution in [0.1, 0.15) is 27.2 Å². The van der Waals surface area contributed by atoms with Gasteiger partial charge in [-0.3, -0.25) is 4.90 Å². The van der Waals surface area contributed by atoms with Crippen molar-refractivity contribution in [2.45, 2.75) is 57.5 Å². The summed E-state index contributed by atoms with van der Waals surface area (Å²) in [6.45, 7) is 13.1. The molecule has 1 aliphatic heterocycles. The second kappa shape index (κ2) is 6.01. The number of hydrogen-bond donors (Lipinski definition) is 2. The van der Waals surface area contributed by atoms with Crippen LogP contribution >= 0.6 is 0 Å². The van der Waals surface area contributed by atoms with Gasteiger partial charge in [-0.25, -0.2) is 0 Å². The molecule has 1 fully saturated rings. The van der Waals surface area contributed by atoms with Gasteiger partial charge in [-0.1, -0.05) is 20.8 Å². The first-order valence-corrected chi connectivity index (χ1v) is 9.75. The van der Waals surface area contributed by atoms with Crippen molar-refractivity contribution in [1.82, 2.24) is 4.90 Å². The van der Waals surface area contributed by atoms with Crippen LogP contribution in [0.25, 0.3) is 0 Å². The number of aliphatic hydroxyl groups is 2. The van der Waals surface area contributed by atoms with E-state index in [-0.39, 0.29) is 30.4 Å². The van der Waals surface area contributed by atoms with Gasteiger partial charge in [0.1, 0.15) is 0 Å². The summed E-state index contributed by atoms with van der Waals surface area (Å²) in [5, 5.41) is 18.6. The normalized spacial score (nSPS) is 23.0. The summed E-state index contributed by atoms with van der Waals surface area (Å²) in [7, 11) is -1.71. The lowest BCUT2D eigenvalue weighted by Gasteiger charge is -2.38. The molecule has 1 aliphatic rings. The van der Waals surface area contributed by atoms with Crippen LogP contribution in [0, 0.1) is 0 Å². The van der Waals surface area contributed by atoms with Crippen molar-refractivity contribution < 1.29 is 14.6 Å². The van der Waals surface area contributed by atoms with Crippen LogP contribution in [0.2, 0.25) is 18.1 Å². The number of hydrogen-bond acceptors (Lipinski definition) is 4. The second-order valence-electron chi connectivity index (χ2n) is 6.80. The zero-order valence-electron chi connectivity index (χ0n) is 12.4. The molecular weight excluding hydrogens is 246 g/mol. The predicted molar refractivity (Wildman–Crippen MR) is 76.2 cm³/mol. The summed E-state index contributed by atoms with van der Waals surface area (Å²) in [5.41, 5.74) is 0. The first-order chi connectivity index (χ1) is 8.21. The number of aliphatic hydroxyl groups excluding tert-OH is 2. The van der Waals surface area contributed by atoms with Crippen molar-refractivity contribution in [3.63, 3.8) is 0 Å². The second-order valence-corrected chi connectivity index (χ2v) is 11.6. The van der Waals surface area contributed by atoms with E-state index in [1.165, 1.54) is 0 Å². The highest BCUT2D eigenvalue weighted by Crippen LogP contribution is 2.38. The molecule has 0 saturated carbocycles. The smallest absolute Gasteiger partial charge is 0.192 e. The Bertz CT molecular complexity index is 261. The zero-order valence-corrected chi connectivity index (χ0v) is 13.4. The molecule has 0 spiro atoms. The van der Waals surface area contributed by atoms with Crippen LogP contribution in [-0.2, 0) is 4.43 Å². The van der Waals surface area contributed by atoms with Gasteiger partial charge in [0, 0.05) is 13.1 Å². The molecule has 2 N–H and O–H groups in total. The van der Waals surface area contributed by atoms with Gasteiger partial charge in [-0.15, -0.1) is 0 Å². The van der Waals surface area contributed by atoms with E-state index >= 15 is 0 Å². The minimum atomic E-state index is -1.71. The standard InChI is InChI=1S/C13H29NO3Si/c1-13(2,3)18(4,5)17-12-6-7-14(8-12)11(9-15)10-16/h11-12,15-16H,6-10H2,1-5H3/t12-/m1/s1. The fourth-order valence-corrected chi connectivity index (χ4v) is 3.44. The molecule has 108 valence electrons. The molecule has 0 amide bonds. The minimum absolute atomic E-state index is 0.0172. The average molecular weight is 275 g/mol. The third-order valence-electron chi connectivity index (χ3n) is 4.38. The van der Waals surface area contributed by atoms with E-state index in [4.69, 9.17) is 4.43 Å². The van der Waals surface area contributed by atoms with Crippen molar-refractivity contribution in [3.8, 4) is 0 Å². The van der Waals surface area contributed by atoms with Crippen molar-refractivity contribution in [3.05, 3.63) is 0 Å². The summed E-state index contributed by atoms with van der Waals surface area (Å²) in [6.07, 6.45) is 1.26. The molecule has 5 heteroatoms. The quantitative estimate of drug-likeness (QED) is 0.746. The minimum Gasteiger partial charge on any atom is -0.413 e. The maximum absolute atomic E-state index is 9.20. The van der Waals surface area contributed by atoms with Gasteiger partial charge in [0.15, 0.2) is 8.32 Å². The molecule has 0 bridgehead atoms. The van der Waals surface area contributed by atoms with Gasteiger partial charge in [-0.05, 0) is 24.6 Å². The maximum Gasteiger partial charge on any atom is 0.192 e. The summed E-state index contributed by atoms with van der Waals surface area (Å²) in [6, 6.07) is -0.127. The van der Waals surface area contributed by atoms with E-state index in [0.29, 0.717) is 0 Å². The van der Waals surface area contributed by atoms with Gasteiger partial charge >= 0.3 is 0 Å². The SMILES string of the molecule is CC(C)(C)[Si](C)(C)O[C@@H]1CCN(C(CO)CO)C1. The first-order valence-electron chi connectivity index (χ1n) is 6.85. The molecule has 0 aromatic carbocycles. The Morgan fingerprint density at radius 3 is 2.28 bits per heavy atom. The maximum atomic E-state index is 9.20.